The summed E-state index contributed by atoms with van der Waals surface area (Å²) in [6, 6.07) is 13.3. The van der Waals surface area contributed by atoms with Crippen LogP contribution in [0.3, 0.4) is 0 Å². The average molecular weight is 377 g/mol. The van der Waals surface area contributed by atoms with Gasteiger partial charge in [0.15, 0.2) is 0 Å². The van der Waals surface area contributed by atoms with E-state index in [0.29, 0.717) is 19.0 Å². The van der Waals surface area contributed by atoms with Crippen molar-refractivity contribution in [2.75, 3.05) is 13.1 Å². The van der Waals surface area contributed by atoms with Gasteiger partial charge in [-0.25, -0.2) is 9.78 Å². The van der Waals surface area contributed by atoms with Crippen molar-refractivity contribution in [1.82, 2.24) is 9.88 Å². The van der Waals surface area contributed by atoms with E-state index in [0.717, 1.165) is 16.5 Å². The van der Waals surface area contributed by atoms with Crippen molar-refractivity contribution in [2.45, 2.75) is 19.1 Å². The Morgan fingerprint density at radius 1 is 1.26 bits per heavy atom. The summed E-state index contributed by atoms with van der Waals surface area (Å²) in [5.74, 6) is 0.567. The van der Waals surface area contributed by atoms with Gasteiger partial charge in [0.2, 0.25) is 5.88 Å². The first-order valence-electron chi connectivity index (χ1n) is 7.44. The second-order valence-electron chi connectivity index (χ2n) is 5.33. The molecule has 1 aliphatic heterocycles. The lowest BCUT2D eigenvalue weighted by Crippen LogP contribution is -2.31. The Bertz CT molecular complexity index is 649. The number of hydrogen-bond acceptors (Lipinski definition) is 4. The van der Waals surface area contributed by atoms with Gasteiger partial charge in [0.05, 0.1) is 6.54 Å². The van der Waals surface area contributed by atoms with Crippen LogP contribution in [0.5, 0.6) is 5.88 Å². The van der Waals surface area contributed by atoms with E-state index in [1.165, 1.54) is 0 Å². The van der Waals surface area contributed by atoms with Crippen molar-refractivity contribution in [2.24, 2.45) is 0 Å². The van der Waals surface area contributed by atoms with Crippen LogP contribution in [0.2, 0.25) is 0 Å². The number of nitrogens with zero attached hydrogens (tertiary/aromatic N) is 2. The van der Waals surface area contributed by atoms with Gasteiger partial charge in [-0.1, -0.05) is 30.3 Å². The van der Waals surface area contributed by atoms with Crippen LogP contribution >= 0.6 is 15.9 Å². The molecule has 0 N–H and O–H groups in total. The summed E-state index contributed by atoms with van der Waals surface area (Å²) in [5, 5.41) is 0. The number of carbonyl (C=O) groups is 1. The summed E-state index contributed by atoms with van der Waals surface area (Å²) < 4.78 is 12.0. The van der Waals surface area contributed by atoms with Gasteiger partial charge in [-0.15, -0.1) is 0 Å². The number of pyridine rings is 1. The monoisotopic (exact) mass is 376 g/mol. The number of halogens is 1. The maximum absolute atomic E-state index is 12.1. The highest BCUT2D eigenvalue weighted by atomic mass is 79.9. The van der Waals surface area contributed by atoms with E-state index in [1.54, 1.807) is 17.2 Å². The second kappa shape index (κ2) is 7.46. The minimum Gasteiger partial charge on any atom is -0.472 e. The van der Waals surface area contributed by atoms with Gasteiger partial charge in [-0.05, 0) is 27.6 Å². The third kappa shape index (κ3) is 4.45. The molecule has 0 bridgehead atoms. The normalized spacial score (nSPS) is 17.1. The third-order valence-corrected chi connectivity index (χ3v) is 4.07. The van der Waals surface area contributed by atoms with Crippen molar-refractivity contribution in [3.05, 3.63) is 58.7 Å². The zero-order valence-electron chi connectivity index (χ0n) is 12.5. The largest absolute Gasteiger partial charge is 0.472 e. The summed E-state index contributed by atoms with van der Waals surface area (Å²) in [6.45, 7) is 1.44. The summed E-state index contributed by atoms with van der Waals surface area (Å²) in [7, 11) is 0. The number of hydrogen-bond donors (Lipinski definition) is 0. The second-order valence-corrected chi connectivity index (χ2v) is 6.25. The Balaban J connectivity index is 1.47. The zero-order valence-corrected chi connectivity index (χ0v) is 14.1. The lowest BCUT2D eigenvalue weighted by atomic mass is 10.2. The highest BCUT2D eigenvalue weighted by Gasteiger charge is 2.28. The van der Waals surface area contributed by atoms with Crippen molar-refractivity contribution in [1.29, 1.82) is 0 Å². The van der Waals surface area contributed by atoms with Gasteiger partial charge in [-0.2, -0.15) is 0 Å². The molecule has 1 saturated heterocycles. The van der Waals surface area contributed by atoms with Crippen molar-refractivity contribution < 1.29 is 14.3 Å². The van der Waals surface area contributed by atoms with Gasteiger partial charge in [0.25, 0.3) is 0 Å². The number of likely N-dealkylation sites (tertiary alicyclic amines) is 1. The molecule has 1 aliphatic rings. The first kappa shape index (κ1) is 15.8. The molecule has 0 radical (unpaired) electrons. The van der Waals surface area contributed by atoms with Crippen molar-refractivity contribution in [3.63, 3.8) is 0 Å². The van der Waals surface area contributed by atoms with E-state index in [2.05, 4.69) is 20.9 Å². The topological polar surface area (TPSA) is 51.7 Å². The lowest BCUT2D eigenvalue weighted by Gasteiger charge is -2.16. The van der Waals surface area contributed by atoms with E-state index < -0.39 is 0 Å². The molecule has 1 fully saturated rings. The molecule has 5 nitrogen and oxygen atoms in total. The fraction of sp³-hybridized carbons (Fsp3) is 0.294. The number of ether oxygens (including phenoxy) is 2. The molecule has 2 heterocycles. The van der Waals surface area contributed by atoms with E-state index in [1.807, 2.05) is 36.4 Å². The van der Waals surface area contributed by atoms with Crippen LogP contribution in [-0.4, -0.2) is 35.2 Å². The number of aromatic nitrogens is 1. The Hall–Kier alpha value is -2.08. The van der Waals surface area contributed by atoms with Gasteiger partial charge < -0.3 is 14.4 Å². The van der Waals surface area contributed by atoms with Crippen LogP contribution in [0, 0.1) is 0 Å². The maximum atomic E-state index is 12.1. The molecule has 2 aromatic rings. The fourth-order valence-corrected chi connectivity index (χ4v) is 2.64. The molecular formula is C17H17BrN2O3. The third-order valence-electron chi connectivity index (χ3n) is 3.60. The molecule has 1 unspecified atom stereocenters. The van der Waals surface area contributed by atoms with Crippen LogP contribution in [0.4, 0.5) is 4.79 Å². The minimum atomic E-state index is -0.302. The quantitative estimate of drug-likeness (QED) is 0.817. The molecule has 120 valence electrons. The molecular weight excluding hydrogens is 360 g/mol. The maximum Gasteiger partial charge on any atom is 0.410 e. The molecule has 0 spiro atoms. The van der Waals surface area contributed by atoms with E-state index in [4.69, 9.17) is 9.47 Å². The molecule has 6 heteroatoms. The summed E-state index contributed by atoms with van der Waals surface area (Å²) >= 11 is 3.34. The van der Waals surface area contributed by atoms with E-state index in [9.17, 15) is 4.79 Å². The Labute approximate surface area is 143 Å². The molecule has 1 amide bonds. The number of amides is 1. The molecule has 23 heavy (non-hydrogen) atoms. The van der Waals surface area contributed by atoms with Crippen LogP contribution in [0.15, 0.2) is 53.1 Å². The molecule has 1 atom stereocenters. The average Bonchev–Trinajstić information content (AvgIpc) is 3.04. The fourth-order valence-electron chi connectivity index (χ4n) is 2.40. The lowest BCUT2D eigenvalue weighted by molar-refractivity contribution is 0.0988. The van der Waals surface area contributed by atoms with Gasteiger partial charge >= 0.3 is 6.09 Å². The van der Waals surface area contributed by atoms with Crippen molar-refractivity contribution in [3.8, 4) is 5.88 Å². The summed E-state index contributed by atoms with van der Waals surface area (Å²) in [6.07, 6.45) is 2.12. The number of carbonyl (C=O) groups excluding carboxylic acids is 1. The molecule has 1 aromatic heterocycles. The van der Waals surface area contributed by atoms with E-state index in [-0.39, 0.29) is 18.8 Å². The molecule has 0 aliphatic carbocycles. The SMILES string of the molecule is O=C(OCc1ccccc1)N1CCC(Oc2ccc(Br)cn2)C1. The molecule has 1 aromatic carbocycles. The predicted octanol–water partition coefficient (Wildman–Crippen LogP) is 3.63. The zero-order chi connectivity index (χ0) is 16.1. The number of rotatable bonds is 4. The Kier molecular flexibility index (Phi) is 5.12. The van der Waals surface area contributed by atoms with E-state index >= 15 is 0 Å². The predicted molar refractivity (Wildman–Crippen MR) is 89.2 cm³/mol. The highest BCUT2D eigenvalue weighted by molar-refractivity contribution is 9.10. The van der Waals surface area contributed by atoms with Gasteiger partial charge in [0.1, 0.15) is 12.7 Å². The van der Waals surface area contributed by atoms with Gasteiger partial charge in [0, 0.05) is 29.7 Å². The van der Waals surface area contributed by atoms with Crippen LogP contribution in [0.25, 0.3) is 0 Å². The Morgan fingerprint density at radius 2 is 2.09 bits per heavy atom. The standard InChI is InChI=1S/C17H17BrN2O3/c18-14-6-7-16(19-10-14)23-15-8-9-20(11-15)17(21)22-12-13-4-2-1-3-5-13/h1-7,10,15H,8-9,11-12H2. The number of benzene rings is 1. The molecule has 3 rings (SSSR count). The van der Waals surface area contributed by atoms with Crippen LogP contribution in [-0.2, 0) is 11.3 Å². The van der Waals surface area contributed by atoms with Gasteiger partial charge in [-0.3, -0.25) is 0 Å². The first-order valence-corrected chi connectivity index (χ1v) is 8.24. The first-order chi connectivity index (χ1) is 11.2. The highest BCUT2D eigenvalue weighted by Crippen LogP contribution is 2.19. The Morgan fingerprint density at radius 3 is 2.83 bits per heavy atom. The molecule has 0 saturated carbocycles. The minimum absolute atomic E-state index is 0.0482. The summed E-state index contributed by atoms with van der Waals surface area (Å²) in [4.78, 5) is 17.9. The van der Waals surface area contributed by atoms with Crippen LogP contribution < -0.4 is 4.74 Å². The summed E-state index contributed by atoms with van der Waals surface area (Å²) in [5.41, 5.74) is 0.979. The van der Waals surface area contributed by atoms with Crippen LogP contribution in [0.1, 0.15) is 12.0 Å². The smallest absolute Gasteiger partial charge is 0.410 e. The van der Waals surface area contributed by atoms with Crippen molar-refractivity contribution >= 4 is 22.0 Å².